The van der Waals surface area contributed by atoms with E-state index in [0.29, 0.717) is 22.0 Å². The average molecular weight is 306 g/mol. The van der Waals surface area contributed by atoms with Gasteiger partial charge < -0.3 is 10.6 Å². The van der Waals surface area contributed by atoms with Gasteiger partial charge in [-0.05, 0) is 24.3 Å². The summed E-state index contributed by atoms with van der Waals surface area (Å²) in [5.41, 5.74) is 1.22. The van der Waals surface area contributed by atoms with Crippen LogP contribution in [0, 0.1) is 10.1 Å². The van der Waals surface area contributed by atoms with Crippen LogP contribution in [0.4, 0.5) is 17.1 Å². The number of carbonyl (C=O) groups is 1. The number of hydrogen-bond acceptors (Lipinski definition) is 4. The highest BCUT2D eigenvalue weighted by atomic mass is 35.5. The molecule has 2 N–H and O–H groups in total. The molecule has 0 aliphatic heterocycles. The molecule has 0 saturated carbocycles. The SMILES string of the molecule is CNc1ccc(Cl)cc1C(=O)Nc1cccc([N+](=O)[O-])c1. The van der Waals surface area contributed by atoms with Crippen molar-refractivity contribution in [2.75, 3.05) is 17.7 Å². The molecule has 0 aliphatic rings. The lowest BCUT2D eigenvalue weighted by Crippen LogP contribution is -2.14. The van der Waals surface area contributed by atoms with Crippen LogP contribution in [0.25, 0.3) is 0 Å². The van der Waals surface area contributed by atoms with Gasteiger partial charge in [-0.1, -0.05) is 17.7 Å². The van der Waals surface area contributed by atoms with Crippen molar-refractivity contribution in [2.24, 2.45) is 0 Å². The topological polar surface area (TPSA) is 84.3 Å². The summed E-state index contributed by atoms with van der Waals surface area (Å²) >= 11 is 5.89. The molecule has 2 rings (SSSR count). The Bertz CT molecular complexity index is 704. The Morgan fingerprint density at radius 3 is 2.67 bits per heavy atom. The van der Waals surface area contributed by atoms with Crippen LogP contribution in [0.1, 0.15) is 10.4 Å². The molecule has 1 amide bonds. The minimum Gasteiger partial charge on any atom is -0.387 e. The van der Waals surface area contributed by atoms with E-state index in [2.05, 4.69) is 10.6 Å². The van der Waals surface area contributed by atoms with E-state index < -0.39 is 10.8 Å². The second-order valence-electron chi connectivity index (χ2n) is 4.20. The fourth-order valence-corrected chi connectivity index (χ4v) is 1.99. The maximum Gasteiger partial charge on any atom is 0.271 e. The molecule has 0 aromatic heterocycles. The molecule has 0 unspecified atom stereocenters. The van der Waals surface area contributed by atoms with Crippen molar-refractivity contribution in [3.63, 3.8) is 0 Å². The molecule has 0 fully saturated rings. The number of amides is 1. The first-order chi connectivity index (χ1) is 10.0. The molecule has 6 nitrogen and oxygen atoms in total. The van der Waals surface area contributed by atoms with Crippen LogP contribution in [0.3, 0.4) is 0 Å². The number of rotatable bonds is 4. The summed E-state index contributed by atoms with van der Waals surface area (Å²) in [5.74, 6) is -0.401. The minimum atomic E-state index is -0.520. The fourth-order valence-electron chi connectivity index (χ4n) is 1.82. The highest BCUT2D eigenvalue weighted by Crippen LogP contribution is 2.23. The van der Waals surface area contributed by atoms with Gasteiger partial charge >= 0.3 is 0 Å². The van der Waals surface area contributed by atoms with Gasteiger partial charge in [0.2, 0.25) is 0 Å². The van der Waals surface area contributed by atoms with Gasteiger partial charge in [-0.2, -0.15) is 0 Å². The Balaban J connectivity index is 2.28. The number of halogens is 1. The van der Waals surface area contributed by atoms with Crippen LogP contribution in [-0.2, 0) is 0 Å². The highest BCUT2D eigenvalue weighted by Gasteiger charge is 2.13. The standard InChI is InChI=1S/C14H12ClN3O3/c1-16-13-6-5-9(15)7-12(13)14(19)17-10-3-2-4-11(8-10)18(20)21/h2-8,16H,1H3,(H,17,19). The minimum absolute atomic E-state index is 0.0901. The summed E-state index contributed by atoms with van der Waals surface area (Å²) in [4.78, 5) is 22.4. The molecular weight excluding hydrogens is 294 g/mol. The predicted octanol–water partition coefficient (Wildman–Crippen LogP) is 3.54. The number of benzene rings is 2. The molecule has 0 bridgehead atoms. The summed E-state index contributed by atoms with van der Waals surface area (Å²) in [6, 6.07) is 10.6. The smallest absolute Gasteiger partial charge is 0.271 e. The van der Waals surface area contributed by atoms with Crippen molar-refractivity contribution in [1.82, 2.24) is 0 Å². The second-order valence-corrected chi connectivity index (χ2v) is 4.64. The number of nitrogens with one attached hydrogen (secondary N) is 2. The Hall–Kier alpha value is -2.60. The Morgan fingerprint density at radius 2 is 2.00 bits per heavy atom. The van der Waals surface area contributed by atoms with Crippen molar-refractivity contribution in [2.45, 2.75) is 0 Å². The molecule has 0 saturated heterocycles. The molecule has 0 atom stereocenters. The van der Waals surface area contributed by atoms with E-state index in [-0.39, 0.29) is 5.69 Å². The van der Waals surface area contributed by atoms with Gasteiger partial charge in [-0.3, -0.25) is 14.9 Å². The van der Waals surface area contributed by atoms with Crippen LogP contribution >= 0.6 is 11.6 Å². The molecule has 7 heteroatoms. The van der Waals surface area contributed by atoms with Crippen LogP contribution < -0.4 is 10.6 Å². The molecular formula is C14H12ClN3O3. The number of non-ortho nitro benzene ring substituents is 1. The first-order valence-corrected chi connectivity index (χ1v) is 6.42. The number of hydrogen-bond donors (Lipinski definition) is 2. The Kier molecular flexibility index (Phi) is 4.39. The lowest BCUT2D eigenvalue weighted by atomic mass is 10.1. The fraction of sp³-hybridized carbons (Fsp3) is 0.0714. The van der Waals surface area contributed by atoms with Gasteiger partial charge in [0, 0.05) is 35.6 Å². The first-order valence-electron chi connectivity index (χ1n) is 6.04. The van der Waals surface area contributed by atoms with Crippen molar-refractivity contribution < 1.29 is 9.72 Å². The Morgan fingerprint density at radius 1 is 1.24 bits per heavy atom. The van der Waals surface area contributed by atoms with Gasteiger partial charge in [0.25, 0.3) is 11.6 Å². The number of nitro benzene ring substituents is 1. The zero-order valence-electron chi connectivity index (χ0n) is 11.1. The normalized spacial score (nSPS) is 10.0. The van der Waals surface area contributed by atoms with Crippen LogP contribution in [0.5, 0.6) is 0 Å². The number of anilines is 2. The largest absolute Gasteiger partial charge is 0.387 e. The zero-order chi connectivity index (χ0) is 15.4. The van der Waals surface area contributed by atoms with Crippen molar-refractivity contribution in [3.05, 3.63) is 63.2 Å². The van der Waals surface area contributed by atoms with Gasteiger partial charge in [0.05, 0.1) is 10.5 Å². The molecule has 2 aromatic rings. The maximum atomic E-state index is 12.2. The van der Waals surface area contributed by atoms with Crippen LogP contribution in [0.2, 0.25) is 5.02 Å². The van der Waals surface area contributed by atoms with E-state index in [1.807, 2.05) is 0 Å². The summed E-state index contributed by atoms with van der Waals surface area (Å²) in [5, 5.41) is 16.7. The summed E-state index contributed by atoms with van der Waals surface area (Å²) in [7, 11) is 1.69. The van der Waals surface area contributed by atoms with E-state index >= 15 is 0 Å². The maximum absolute atomic E-state index is 12.2. The molecule has 0 aliphatic carbocycles. The van der Waals surface area contributed by atoms with Gasteiger partial charge in [0.15, 0.2) is 0 Å². The molecule has 2 aromatic carbocycles. The first kappa shape index (κ1) is 14.8. The summed E-state index contributed by atoms with van der Waals surface area (Å²) < 4.78 is 0. The average Bonchev–Trinajstić information content (AvgIpc) is 2.47. The second kappa shape index (κ2) is 6.23. The van der Waals surface area contributed by atoms with Gasteiger partial charge in [-0.25, -0.2) is 0 Å². The third-order valence-electron chi connectivity index (χ3n) is 2.81. The quantitative estimate of drug-likeness (QED) is 0.668. The highest BCUT2D eigenvalue weighted by molar-refractivity contribution is 6.31. The van der Waals surface area contributed by atoms with E-state index in [4.69, 9.17) is 11.6 Å². The molecule has 0 radical (unpaired) electrons. The lowest BCUT2D eigenvalue weighted by molar-refractivity contribution is -0.384. The van der Waals surface area contributed by atoms with E-state index in [0.717, 1.165) is 0 Å². The van der Waals surface area contributed by atoms with Gasteiger partial charge in [0.1, 0.15) is 0 Å². The van der Waals surface area contributed by atoms with E-state index in [9.17, 15) is 14.9 Å². The molecule has 108 valence electrons. The lowest BCUT2D eigenvalue weighted by Gasteiger charge is -2.10. The third-order valence-corrected chi connectivity index (χ3v) is 3.05. The predicted molar refractivity (Wildman–Crippen MR) is 82.0 cm³/mol. The zero-order valence-corrected chi connectivity index (χ0v) is 11.8. The molecule has 0 heterocycles. The van der Waals surface area contributed by atoms with Crippen LogP contribution in [-0.4, -0.2) is 17.9 Å². The Labute approximate surface area is 125 Å². The van der Waals surface area contributed by atoms with Crippen molar-refractivity contribution in [3.8, 4) is 0 Å². The molecule has 0 spiro atoms. The van der Waals surface area contributed by atoms with E-state index in [1.165, 1.54) is 24.3 Å². The summed E-state index contributed by atoms with van der Waals surface area (Å²) in [6.45, 7) is 0. The third kappa shape index (κ3) is 3.49. The number of nitro groups is 1. The number of nitrogens with zero attached hydrogens (tertiary/aromatic N) is 1. The molecule has 21 heavy (non-hydrogen) atoms. The monoisotopic (exact) mass is 305 g/mol. The van der Waals surface area contributed by atoms with Crippen molar-refractivity contribution >= 4 is 34.6 Å². The summed E-state index contributed by atoms with van der Waals surface area (Å²) in [6.07, 6.45) is 0. The van der Waals surface area contributed by atoms with Gasteiger partial charge in [-0.15, -0.1) is 0 Å². The number of carbonyl (C=O) groups excluding carboxylic acids is 1. The van der Waals surface area contributed by atoms with Crippen LogP contribution in [0.15, 0.2) is 42.5 Å². The van der Waals surface area contributed by atoms with E-state index in [1.54, 1.807) is 25.2 Å². The van der Waals surface area contributed by atoms with Crippen molar-refractivity contribution in [1.29, 1.82) is 0 Å².